The molecule has 0 aromatic carbocycles. The van der Waals surface area contributed by atoms with Crippen molar-refractivity contribution in [2.24, 2.45) is 0 Å². The Morgan fingerprint density at radius 3 is 2.94 bits per heavy atom. The molecule has 0 radical (unpaired) electrons. The molecule has 1 N–H and O–H groups in total. The van der Waals surface area contributed by atoms with Gasteiger partial charge in [0.05, 0.1) is 18.0 Å². The first-order valence-electron chi connectivity index (χ1n) is 6.83. The zero-order chi connectivity index (χ0) is 12.2. The van der Waals surface area contributed by atoms with Crippen molar-refractivity contribution >= 4 is 0 Å². The standard InChI is InChI=1S/C14H20N2O2/c1-2-14(17-7-1)10-18-13-6-5-12(16-9-13)8-15-11-3-4-11/h5-6,9,11,14-15H,1-4,7-8,10H2. The summed E-state index contributed by atoms with van der Waals surface area (Å²) in [5.41, 5.74) is 1.08. The van der Waals surface area contributed by atoms with Crippen molar-refractivity contribution in [1.82, 2.24) is 10.3 Å². The molecule has 2 heterocycles. The van der Waals surface area contributed by atoms with Gasteiger partial charge in [0.1, 0.15) is 12.4 Å². The van der Waals surface area contributed by atoms with Gasteiger partial charge in [0.25, 0.3) is 0 Å². The van der Waals surface area contributed by atoms with E-state index in [1.54, 1.807) is 6.20 Å². The summed E-state index contributed by atoms with van der Waals surface area (Å²) in [5.74, 6) is 0.834. The molecule has 1 saturated heterocycles. The summed E-state index contributed by atoms with van der Waals surface area (Å²) in [7, 11) is 0. The maximum atomic E-state index is 5.67. The van der Waals surface area contributed by atoms with E-state index >= 15 is 0 Å². The molecule has 2 aliphatic rings. The molecule has 3 rings (SSSR count). The highest BCUT2D eigenvalue weighted by Crippen LogP contribution is 2.19. The molecule has 2 fully saturated rings. The fraction of sp³-hybridized carbons (Fsp3) is 0.643. The van der Waals surface area contributed by atoms with E-state index in [9.17, 15) is 0 Å². The molecule has 1 aromatic rings. The number of nitrogens with one attached hydrogen (secondary N) is 1. The average molecular weight is 248 g/mol. The van der Waals surface area contributed by atoms with Gasteiger partial charge < -0.3 is 14.8 Å². The van der Waals surface area contributed by atoms with Gasteiger partial charge in [-0.3, -0.25) is 4.98 Å². The van der Waals surface area contributed by atoms with Gasteiger partial charge in [0, 0.05) is 19.2 Å². The van der Waals surface area contributed by atoms with Crippen LogP contribution >= 0.6 is 0 Å². The van der Waals surface area contributed by atoms with Crippen molar-refractivity contribution in [1.29, 1.82) is 0 Å². The molecule has 98 valence electrons. The van der Waals surface area contributed by atoms with E-state index in [0.717, 1.165) is 43.5 Å². The lowest BCUT2D eigenvalue weighted by atomic mass is 10.2. The summed E-state index contributed by atoms with van der Waals surface area (Å²) in [4.78, 5) is 4.40. The zero-order valence-electron chi connectivity index (χ0n) is 10.6. The third kappa shape index (κ3) is 3.43. The molecular weight excluding hydrogens is 228 g/mol. The first-order valence-corrected chi connectivity index (χ1v) is 6.83. The Bertz CT molecular complexity index is 370. The van der Waals surface area contributed by atoms with Crippen molar-refractivity contribution in [3.05, 3.63) is 24.0 Å². The highest BCUT2D eigenvalue weighted by molar-refractivity contribution is 5.20. The van der Waals surface area contributed by atoms with Crippen molar-refractivity contribution in [2.75, 3.05) is 13.2 Å². The summed E-state index contributed by atoms with van der Waals surface area (Å²) in [6, 6.07) is 4.74. The van der Waals surface area contributed by atoms with Gasteiger partial charge in [0.2, 0.25) is 0 Å². The van der Waals surface area contributed by atoms with Gasteiger partial charge >= 0.3 is 0 Å². The van der Waals surface area contributed by atoms with Crippen molar-refractivity contribution < 1.29 is 9.47 Å². The van der Waals surface area contributed by atoms with Crippen molar-refractivity contribution in [3.63, 3.8) is 0 Å². The maximum Gasteiger partial charge on any atom is 0.137 e. The Hall–Kier alpha value is -1.13. The van der Waals surface area contributed by atoms with E-state index in [0.29, 0.717) is 6.61 Å². The number of nitrogens with zero attached hydrogens (tertiary/aromatic N) is 1. The Morgan fingerprint density at radius 2 is 2.28 bits per heavy atom. The predicted octanol–water partition coefficient (Wildman–Crippen LogP) is 1.89. The minimum Gasteiger partial charge on any atom is -0.489 e. The van der Waals surface area contributed by atoms with E-state index in [1.165, 1.54) is 12.8 Å². The molecule has 4 nitrogen and oxygen atoms in total. The summed E-state index contributed by atoms with van der Waals surface area (Å²) in [5, 5.41) is 3.45. The molecule has 1 aromatic heterocycles. The second-order valence-corrected chi connectivity index (χ2v) is 5.09. The van der Waals surface area contributed by atoms with Crippen LogP contribution in [-0.4, -0.2) is 30.3 Å². The van der Waals surface area contributed by atoms with Gasteiger partial charge in [-0.25, -0.2) is 0 Å². The Balaban J connectivity index is 1.44. The molecule has 0 bridgehead atoms. The number of hydrogen-bond acceptors (Lipinski definition) is 4. The second-order valence-electron chi connectivity index (χ2n) is 5.09. The van der Waals surface area contributed by atoms with Crippen molar-refractivity contribution in [3.8, 4) is 5.75 Å². The molecule has 1 aliphatic carbocycles. The number of rotatable bonds is 6. The van der Waals surface area contributed by atoms with Crippen LogP contribution in [0.2, 0.25) is 0 Å². The van der Waals surface area contributed by atoms with Gasteiger partial charge in [-0.2, -0.15) is 0 Å². The fourth-order valence-electron chi connectivity index (χ4n) is 2.10. The predicted molar refractivity (Wildman–Crippen MR) is 68.6 cm³/mol. The Kier molecular flexibility index (Phi) is 3.76. The minimum atomic E-state index is 0.265. The molecule has 1 unspecified atom stereocenters. The van der Waals surface area contributed by atoms with Gasteiger partial charge in [-0.05, 0) is 37.8 Å². The summed E-state index contributed by atoms with van der Waals surface area (Å²) in [6.45, 7) is 2.37. The topological polar surface area (TPSA) is 43.4 Å². The smallest absolute Gasteiger partial charge is 0.137 e. The molecular formula is C14H20N2O2. The van der Waals surface area contributed by atoms with Crippen LogP contribution in [-0.2, 0) is 11.3 Å². The van der Waals surface area contributed by atoms with E-state index in [-0.39, 0.29) is 6.10 Å². The van der Waals surface area contributed by atoms with Gasteiger partial charge in [0.15, 0.2) is 0 Å². The molecule has 1 saturated carbocycles. The molecule has 0 amide bonds. The highest BCUT2D eigenvalue weighted by atomic mass is 16.5. The normalized spacial score (nSPS) is 23.2. The van der Waals surface area contributed by atoms with E-state index in [4.69, 9.17) is 9.47 Å². The van der Waals surface area contributed by atoms with E-state index in [2.05, 4.69) is 10.3 Å². The molecule has 1 aliphatic heterocycles. The van der Waals surface area contributed by atoms with E-state index in [1.807, 2.05) is 12.1 Å². The molecule has 1 atom stereocenters. The number of aromatic nitrogens is 1. The van der Waals surface area contributed by atoms with Crippen LogP contribution in [0.15, 0.2) is 18.3 Å². The Morgan fingerprint density at radius 1 is 1.33 bits per heavy atom. The quantitative estimate of drug-likeness (QED) is 0.835. The maximum absolute atomic E-state index is 5.67. The zero-order valence-corrected chi connectivity index (χ0v) is 10.6. The second kappa shape index (κ2) is 5.67. The summed E-state index contributed by atoms with van der Waals surface area (Å²) < 4.78 is 11.2. The van der Waals surface area contributed by atoms with Crippen LogP contribution in [0.1, 0.15) is 31.4 Å². The van der Waals surface area contributed by atoms with Crippen LogP contribution in [0.4, 0.5) is 0 Å². The van der Waals surface area contributed by atoms with Crippen LogP contribution in [0.5, 0.6) is 5.75 Å². The average Bonchev–Trinajstić information content (AvgIpc) is 3.09. The third-order valence-electron chi connectivity index (χ3n) is 3.41. The van der Waals surface area contributed by atoms with E-state index < -0.39 is 0 Å². The van der Waals surface area contributed by atoms with Gasteiger partial charge in [-0.15, -0.1) is 0 Å². The Labute approximate surface area is 108 Å². The largest absolute Gasteiger partial charge is 0.489 e. The number of hydrogen-bond donors (Lipinski definition) is 1. The minimum absolute atomic E-state index is 0.265. The lowest BCUT2D eigenvalue weighted by Gasteiger charge is -2.11. The van der Waals surface area contributed by atoms with Crippen LogP contribution in [0.3, 0.4) is 0 Å². The lowest BCUT2D eigenvalue weighted by molar-refractivity contribution is 0.0678. The summed E-state index contributed by atoms with van der Waals surface area (Å²) >= 11 is 0. The molecule has 0 spiro atoms. The SMILES string of the molecule is c1cc(CNC2CC2)ncc1OCC1CCCO1. The monoisotopic (exact) mass is 248 g/mol. The van der Waals surface area contributed by atoms with Crippen LogP contribution in [0, 0.1) is 0 Å². The van der Waals surface area contributed by atoms with Crippen LogP contribution < -0.4 is 10.1 Å². The molecule has 18 heavy (non-hydrogen) atoms. The van der Waals surface area contributed by atoms with Crippen molar-refractivity contribution in [2.45, 2.75) is 44.4 Å². The number of ether oxygens (including phenoxy) is 2. The molecule has 4 heteroatoms. The van der Waals surface area contributed by atoms with Crippen LogP contribution in [0.25, 0.3) is 0 Å². The third-order valence-corrected chi connectivity index (χ3v) is 3.41. The number of pyridine rings is 1. The highest BCUT2D eigenvalue weighted by Gasteiger charge is 2.20. The first-order chi connectivity index (χ1) is 8.90. The first kappa shape index (κ1) is 11.9. The summed E-state index contributed by atoms with van der Waals surface area (Å²) in [6.07, 6.45) is 6.94. The fourth-order valence-corrected chi connectivity index (χ4v) is 2.10. The lowest BCUT2D eigenvalue weighted by Crippen LogP contribution is -2.17. The van der Waals surface area contributed by atoms with Gasteiger partial charge in [-0.1, -0.05) is 0 Å².